The molecule has 1 aromatic heterocycles. The predicted molar refractivity (Wildman–Crippen MR) is 69.0 cm³/mol. The van der Waals surface area contributed by atoms with Crippen molar-refractivity contribution in [2.45, 2.75) is 19.4 Å². The number of hydrogen-bond donors (Lipinski definition) is 1. The number of nitrogens with one attached hydrogen (secondary N) is 1. The molecule has 0 spiro atoms. The second-order valence-electron chi connectivity index (χ2n) is 4.14. The fraction of sp³-hybridized carbons (Fsp3) is 0.286. The Morgan fingerprint density at radius 3 is 2.88 bits per heavy atom. The number of rotatable bonds is 4. The fourth-order valence-electron chi connectivity index (χ4n) is 1.81. The Balaban J connectivity index is 2.33. The molecule has 0 aliphatic carbocycles. The Labute approximate surface area is 101 Å². The summed E-state index contributed by atoms with van der Waals surface area (Å²) in [6.07, 6.45) is 2.21. The van der Waals surface area contributed by atoms with Gasteiger partial charge in [-0.2, -0.15) is 0 Å². The van der Waals surface area contributed by atoms with Crippen LogP contribution in [-0.2, 0) is 11.2 Å². The number of carbonyl (C=O) groups excluding carboxylic acids is 1. The van der Waals surface area contributed by atoms with Gasteiger partial charge in [0.2, 0.25) is 0 Å². The molecule has 0 saturated carbocycles. The molecule has 1 heterocycles. The van der Waals surface area contributed by atoms with E-state index in [0.29, 0.717) is 6.42 Å². The van der Waals surface area contributed by atoms with Crippen LogP contribution in [0.4, 0.5) is 0 Å². The number of Topliss-reactive ketones (excluding diaryl/α,β-unsaturated/α-hetero) is 1. The Kier molecular flexibility index (Phi) is 3.49. The second kappa shape index (κ2) is 5.06. The summed E-state index contributed by atoms with van der Waals surface area (Å²) in [4.78, 5) is 16.2. The van der Waals surface area contributed by atoms with Crippen molar-refractivity contribution in [2.24, 2.45) is 0 Å². The van der Waals surface area contributed by atoms with Gasteiger partial charge >= 0.3 is 0 Å². The van der Waals surface area contributed by atoms with Gasteiger partial charge in [0.25, 0.3) is 0 Å². The van der Waals surface area contributed by atoms with Crippen molar-refractivity contribution in [1.29, 1.82) is 0 Å². The number of ketones is 1. The van der Waals surface area contributed by atoms with Crippen molar-refractivity contribution in [3.63, 3.8) is 0 Å². The summed E-state index contributed by atoms with van der Waals surface area (Å²) in [5.41, 5.74) is 1.98. The van der Waals surface area contributed by atoms with Crippen molar-refractivity contribution in [1.82, 2.24) is 10.3 Å². The topological polar surface area (TPSA) is 42.0 Å². The van der Waals surface area contributed by atoms with Gasteiger partial charge in [0, 0.05) is 18.0 Å². The molecular formula is C14H16N2O. The lowest BCUT2D eigenvalue weighted by Crippen LogP contribution is -2.31. The van der Waals surface area contributed by atoms with E-state index in [4.69, 9.17) is 0 Å². The van der Waals surface area contributed by atoms with Gasteiger partial charge in [-0.1, -0.05) is 18.2 Å². The molecule has 1 aromatic carbocycles. The molecule has 3 heteroatoms. The van der Waals surface area contributed by atoms with Crippen LogP contribution in [0.1, 0.15) is 12.5 Å². The van der Waals surface area contributed by atoms with Crippen molar-refractivity contribution in [3.8, 4) is 0 Å². The summed E-state index contributed by atoms with van der Waals surface area (Å²) >= 11 is 0. The van der Waals surface area contributed by atoms with Gasteiger partial charge in [0.1, 0.15) is 0 Å². The van der Waals surface area contributed by atoms with Crippen molar-refractivity contribution in [3.05, 3.63) is 42.1 Å². The molecule has 2 rings (SSSR count). The first-order valence-corrected chi connectivity index (χ1v) is 5.75. The number of nitrogens with zero attached hydrogens (tertiary/aromatic N) is 1. The van der Waals surface area contributed by atoms with E-state index in [9.17, 15) is 4.79 Å². The molecule has 17 heavy (non-hydrogen) atoms. The van der Waals surface area contributed by atoms with E-state index in [-0.39, 0.29) is 11.8 Å². The summed E-state index contributed by atoms with van der Waals surface area (Å²) in [7, 11) is 1.80. The molecule has 1 N–H and O–H groups in total. The molecule has 3 nitrogen and oxygen atoms in total. The molecule has 0 bridgehead atoms. The van der Waals surface area contributed by atoms with E-state index < -0.39 is 0 Å². The van der Waals surface area contributed by atoms with E-state index >= 15 is 0 Å². The summed E-state index contributed by atoms with van der Waals surface area (Å²) in [6, 6.07) is 9.71. The van der Waals surface area contributed by atoms with Crippen LogP contribution in [0.5, 0.6) is 0 Å². The highest BCUT2D eigenvalue weighted by molar-refractivity contribution is 5.91. The molecule has 0 saturated heterocycles. The van der Waals surface area contributed by atoms with E-state index in [1.165, 1.54) is 0 Å². The minimum Gasteiger partial charge on any atom is -0.311 e. The van der Waals surface area contributed by atoms with E-state index in [0.717, 1.165) is 16.5 Å². The van der Waals surface area contributed by atoms with Crippen LogP contribution in [0, 0.1) is 0 Å². The Hall–Kier alpha value is -1.74. The number of hydrogen-bond acceptors (Lipinski definition) is 3. The van der Waals surface area contributed by atoms with E-state index in [1.807, 2.05) is 37.3 Å². The number of likely N-dealkylation sites (N-methyl/N-ethyl adjacent to an activating group) is 1. The normalized spacial score (nSPS) is 12.6. The van der Waals surface area contributed by atoms with Gasteiger partial charge in [0.05, 0.1) is 11.6 Å². The third kappa shape index (κ3) is 2.50. The smallest absolute Gasteiger partial charge is 0.153 e. The zero-order valence-electron chi connectivity index (χ0n) is 10.1. The molecule has 1 unspecified atom stereocenters. The maximum absolute atomic E-state index is 11.9. The van der Waals surface area contributed by atoms with Gasteiger partial charge in [-0.3, -0.25) is 9.78 Å². The van der Waals surface area contributed by atoms with Gasteiger partial charge in [0.15, 0.2) is 5.78 Å². The van der Waals surface area contributed by atoms with Crippen molar-refractivity contribution in [2.75, 3.05) is 7.05 Å². The van der Waals surface area contributed by atoms with Gasteiger partial charge in [-0.15, -0.1) is 0 Å². The first kappa shape index (κ1) is 11.7. The number of para-hydroxylation sites is 1. The minimum absolute atomic E-state index is 0.109. The average Bonchev–Trinajstić information content (AvgIpc) is 2.38. The standard InChI is InChI=1S/C14H16N2O/c1-10(15-2)14(17)9-11-7-8-16-13-6-4-3-5-12(11)13/h3-8,10,15H,9H2,1-2H3. The SMILES string of the molecule is CNC(C)C(=O)Cc1ccnc2ccccc12. The largest absolute Gasteiger partial charge is 0.311 e. The molecular weight excluding hydrogens is 212 g/mol. The lowest BCUT2D eigenvalue weighted by molar-refractivity contribution is -0.119. The summed E-state index contributed by atoms with van der Waals surface area (Å²) in [6.45, 7) is 1.88. The lowest BCUT2D eigenvalue weighted by atomic mass is 10.0. The minimum atomic E-state index is -0.109. The number of pyridine rings is 1. The monoisotopic (exact) mass is 228 g/mol. The van der Waals surface area contributed by atoms with E-state index in [1.54, 1.807) is 13.2 Å². The van der Waals surface area contributed by atoms with Crippen molar-refractivity contribution < 1.29 is 4.79 Å². The van der Waals surface area contributed by atoms with E-state index in [2.05, 4.69) is 10.3 Å². The predicted octanol–water partition coefficient (Wildman–Crippen LogP) is 1.95. The summed E-state index contributed by atoms with van der Waals surface area (Å²) in [5, 5.41) is 4.03. The van der Waals surface area contributed by atoms with Crippen LogP contribution in [0.15, 0.2) is 36.5 Å². The fourth-order valence-corrected chi connectivity index (χ4v) is 1.81. The highest BCUT2D eigenvalue weighted by Crippen LogP contribution is 2.17. The number of benzene rings is 1. The maximum atomic E-state index is 11.9. The van der Waals surface area contributed by atoms with Crippen LogP contribution < -0.4 is 5.32 Å². The zero-order chi connectivity index (χ0) is 12.3. The Morgan fingerprint density at radius 1 is 1.35 bits per heavy atom. The van der Waals surface area contributed by atoms with Crippen LogP contribution in [0.25, 0.3) is 10.9 Å². The van der Waals surface area contributed by atoms with Gasteiger partial charge in [-0.25, -0.2) is 0 Å². The summed E-state index contributed by atoms with van der Waals surface area (Å²) < 4.78 is 0. The first-order valence-electron chi connectivity index (χ1n) is 5.75. The molecule has 0 radical (unpaired) electrons. The lowest BCUT2D eigenvalue weighted by Gasteiger charge is -2.10. The Morgan fingerprint density at radius 2 is 2.12 bits per heavy atom. The molecule has 0 amide bonds. The average molecular weight is 228 g/mol. The number of aromatic nitrogens is 1. The quantitative estimate of drug-likeness (QED) is 0.869. The summed E-state index contributed by atoms with van der Waals surface area (Å²) in [5.74, 6) is 0.198. The third-order valence-corrected chi connectivity index (χ3v) is 3.02. The third-order valence-electron chi connectivity index (χ3n) is 3.02. The molecule has 88 valence electrons. The number of carbonyl (C=O) groups is 1. The van der Waals surface area contributed by atoms with Crippen LogP contribution in [0.3, 0.4) is 0 Å². The second-order valence-corrected chi connectivity index (χ2v) is 4.14. The van der Waals surface area contributed by atoms with Crippen LogP contribution in [0.2, 0.25) is 0 Å². The number of fused-ring (bicyclic) bond motifs is 1. The highest BCUT2D eigenvalue weighted by Gasteiger charge is 2.12. The molecule has 1 atom stereocenters. The molecule has 0 aliphatic heterocycles. The first-order chi connectivity index (χ1) is 8.22. The van der Waals surface area contributed by atoms with Crippen LogP contribution in [-0.4, -0.2) is 23.9 Å². The zero-order valence-corrected chi connectivity index (χ0v) is 10.1. The van der Waals surface area contributed by atoms with Crippen LogP contribution >= 0.6 is 0 Å². The molecule has 0 aliphatic rings. The Bertz CT molecular complexity index is 531. The van der Waals surface area contributed by atoms with Gasteiger partial charge in [-0.05, 0) is 31.7 Å². The highest BCUT2D eigenvalue weighted by atomic mass is 16.1. The van der Waals surface area contributed by atoms with Gasteiger partial charge < -0.3 is 5.32 Å². The molecule has 2 aromatic rings. The maximum Gasteiger partial charge on any atom is 0.153 e. The van der Waals surface area contributed by atoms with Crippen molar-refractivity contribution >= 4 is 16.7 Å². The molecule has 0 fully saturated rings.